The molecule has 0 unspecified atom stereocenters. The Hall–Kier alpha value is -3.68. The molecule has 0 bridgehead atoms. The summed E-state index contributed by atoms with van der Waals surface area (Å²) in [5.41, 5.74) is -1.16. The van der Waals surface area contributed by atoms with Gasteiger partial charge in [0.15, 0.2) is 5.75 Å². The summed E-state index contributed by atoms with van der Waals surface area (Å²) < 4.78 is 55.7. The average molecular weight is 419 g/mol. The molecule has 3 rings (SSSR count). The van der Waals surface area contributed by atoms with Crippen LogP contribution >= 0.6 is 0 Å². The lowest BCUT2D eigenvalue weighted by Crippen LogP contribution is -2.18. The van der Waals surface area contributed by atoms with Crippen molar-refractivity contribution in [3.8, 4) is 5.75 Å². The van der Waals surface area contributed by atoms with Gasteiger partial charge in [-0.25, -0.2) is 4.39 Å². The molecule has 3 aromatic rings. The highest BCUT2D eigenvalue weighted by Gasteiger charge is 2.36. The van der Waals surface area contributed by atoms with Crippen LogP contribution in [0.1, 0.15) is 22.8 Å². The van der Waals surface area contributed by atoms with Crippen LogP contribution in [0.3, 0.4) is 0 Å². The monoisotopic (exact) mass is 419 g/mol. The largest absolute Gasteiger partial charge is 0.425 e. The number of para-hydroxylation sites is 2. The Morgan fingerprint density at radius 2 is 1.40 bits per heavy atom. The molecule has 0 saturated heterocycles. The molecular formula is C22H17F4NO3. The van der Waals surface area contributed by atoms with Gasteiger partial charge in [0.1, 0.15) is 5.82 Å². The SMILES string of the molecule is CC(=O)Oc1c(C(=O)Nc2ccccc2)cccc1C(F)(F)F.Fc1ccccc1. The molecule has 3 aromatic carbocycles. The predicted molar refractivity (Wildman–Crippen MR) is 104 cm³/mol. The highest BCUT2D eigenvalue weighted by atomic mass is 19.4. The molecule has 0 aliphatic carbocycles. The molecule has 1 amide bonds. The van der Waals surface area contributed by atoms with E-state index in [2.05, 4.69) is 10.1 Å². The molecule has 0 aliphatic heterocycles. The van der Waals surface area contributed by atoms with Crippen LogP contribution in [0.15, 0.2) is 78.9 Å². The van der Waals surface area contributed by atoms with Crippen LogP contribution in [-0.2, 0) is 11.0 Å². The summed E-state index contributed by atoms with van der Waals surface area (Å²) in [6, 6.07) is 19.1. The second kappa shape index (κ2) is 10.2. The first kappa shape index (κ1) is 22.6. The lowest BCUT2D eigenvalue weighted by molar-refractivity contribution is -0.141. The molecule has 0 aliphatic rings. The molecule has 0 atom stereocenters. The first-order chi connectivity index (χ1) is 14.2. The minimum absolute atomic E-state index is 0.178. The maximum Gasteiger partial charge on any atom is 0.420 e. The van der Waals surface area contributed by atoms with Crippen molar-refractivity contribution in [3.05, 3.63) is 95.8 Å². The summed E-state index contributed by atoms with van der Waals surface area (Å²) in [4.78, 5) is 23.3. The van der Waals surface area contributed by atoms with Crippen molar-refractivity contribution in [2.75, 3.05) is 5.32 Å². The summed E-state index contributed by atoms with van der Waals surface area (Å²) in [6.45, 7) is 0.964. The number of alkyl halides is 3. The van der Waals surface area contributed by atoms with Crippen molar-refractivity contribution in [2.45, 2.75) is 13.1 Å². The predicted octanol–water partition coefficient (Wildman–Crippen LogP) is 5.71. The van der Waals surface area contributed by atoms with Gasteiger partial charge in [0.2, 0.25) is 0 Å². The molecule has 30 heavy (non-hydrogen) atoms. The zero-order chi connectivity index (χ0) is 22.1. The Kier molecular flexibility index (Phi) is 7.69. The van der Waals surface area contributed by atoms with Crippen molar-refractivity contribution < 1.29 is 31.9 Å². The smallest absolute Gasteiger partial charge is 0.420 e. The highest BCUT2D eigenvalue weighted by Crippen LogP contribution is 2.38. The van der Waals surface area contributed by atoms with Gasteiger partial charge in [-0.2, -0.15) is 13.2 Å². The van der Waals surface area contributed by atoms with E-state index in [-0.39, 0.29) is 11.4 Å². The normalized spacial score (nSPS) is 10.4. The van der Waals surface area contributed by atoms with Crippen LogP contribution in [0.2, 0.25) is 0 Å². The van der Waals surface area contributed by atoms with Crippen LogP contribution in [0.5, 0.6) is 5.75 Å². The molecule has 0 spiro atoms. The second-order valence-corrected chi connectivity index (χ2v) is 5.89. The Bertz CT molecular complexity index is 990. The average Bonchev–Trinajstić information content (AvgIpc) is 2.68. The van der Waals surface area contributed by atoms with E-state index in [4.69, 9.17) is 0 Å². The van der Waals surface area contributed by atoms with Crippen molar-refractivity contribution in [1.29, 1.82) is 0 Å². The third-order valence-corrected chi connectivity index (χ3v) is 3.58. The van der Waals surface area contributed by atoms with Gasteiger partial charge in [-0.05, 0) is 36.4 Å². The van der Waals surface area contributed by atoms with Crippen molar-refractivity contribution >= 4 is 17.6 Å². The quantitative estimate of drug-likeness (QED) is 0.336. The lowest BCUT2D eigenvalue weighted by atomic mass is 10.1. The van der Waals surface area contributed by atoms with Gasteiger partial charge in [0.25, 0.3) is 5.91 Å². The number of hydrogen-bond donors (Lipinski definition) is 1. The van der Waals surface area contributed by atoms with Gasteiger partial charge >= 0.3 is 12.1 Å². The summed E-state index contributed by atoms with van der Waals surface area (Å²) in [5.74, 6) is -2.74. The van der Waals surface area contributed by atoms with Crippen LogP contribution in [0, 0.1) is 5.82 Å². The Balaban J connectivity index is 0.000000386. The fraction of sp³-hybridized carbons (Fsp3) is 0.0909. The maximum atomic E-state index is 13.0. The van der Waals surface area contributed by atoms with Gasteiger partial charge in [-0.3, -0.25) is 9.59 Å². The zero-order valence-corrected chi connectivity index (χ0v) is 15.7. The van der Waals surface area contributed by atoms with Crippen LogP contribution in [0.25, 0.3) is 0 Å². The lowest BCUT2D eigenvalue weighted by Gasteiger charge is -2.15. The Morgan fingerprint density at radius 3 is 1.87 bits per heavy atom. The zero-order valence-electron chi connectivity index (χ0n) is 15.7. The van der Waals surface area contributed by atoms with E-state index in [1.807, 2.05) is 0 Å². The molecule has 0 heterocycles. The number of esters is 1. The number of carbonyl (C=O) groups excluding carboxylic acids is 2. The molecule has 156 valence electrons. The van der Waals surface area contributed by atoms with Crippen LogP contribution in [-0.4, -0.2) is 11.9 Å². The summed E-state index contributed by atoms with van der Waals surface area (Å²) in [5, 5.41) is 2.45. The third kappa shape index (κ3) is 6.73. The number of benzene rings is 3. The number of carbonyl (C=O) groups is 2. The number of nitrogens with one attached hydrogen (secondary N) is 1. The van der Waals surface area contributed by atoms with Gasteiger partial charge < -0.3 is 10.1 Å². The topological polar surface area (TPSA) is 55.4 Å². The molecule has 0 fully saturated rings. The number of halogens is 4. The highest BCUT2D eigenvalue weighted by molar-refractivity contribution is 6.06. The number of ether oxygens (including phenoxy) is 1. The van der Waals surface area contributed by atoms with E-state index in [9.17, 15) is 27.2 Å². The molecule has 0 radical (unpaired) electrons. The van der Waals surface area contributed by atoms with Gasteiger partial charge in [0, 0.05) is 12.6 Å². The molecule has 0 aromatic heterocycles. The number of amides is 1. The van der Waals surface area contributed by atoms with E-state index < -0.39 is 29.4 Å². The van der Waals surface area contributed by atoms with Crippen molar-refractivity contribution in [3.63, 3.8) is 0 Å². The van der Waals surface area contributed by atoms with Gasteiger partial charge in [-0.15, -0.1) is 0 Å². The van der Waals surface area contributed by atoms with E-state index in [0.29, 0.717) is 5.69 Å². The van der Waals surface area contributed by atoms with Crippen LogP contribution < -0.4 is 10.1 Å². The summed E-state index contributed by atoms with van der Waals surface area (Å²) >= 11 is 0. The molecular weight excluding hydrogens is 402 g/mol. The first-order valence-electron chi connectivity index (χ1n) is 8.64. The fourth-order valence-electron chi connectivity index (χ4n) is 2.33. The first-order valence-corrected chi connectivity index (χ1v) is 8.64. The van der Waals surface area contributed by atoms with E-state index >= 15 is 0 Å². The minimum Gasteiger partial charge on any atom is -0.425 e. The van der Waals surface area contributed by atoms with E-state index in [0.717, 1.165) is 25.1 Å². The Labute approximate surface area is 170 Å². The standard InChI is InChI=1S/C16H12F3NO3.C6H5F/c1-10(21)23-14-12(8-5-9-13(14)16(17,18)19)15(22)20-11-6-3-2-4-7-11;7-6-4-2-1-3-5-6/h2-9H,1H3,(H,20,22);1-5H. The summed E-state index contributed by atoms with van der Waals surface area (Å²) in [6.07, 6.45) is -4.76. The maximum absolute atomic E-state index is 13.0. The summed E-state index contributed by atoms with van der Waals surface area (Å²) in [7, 11) is 0. The molecule has 8 heteroatoms. The van der Waals surface area contributed by atoms with E-state index in [1.165, 1.54) is 12.1 Å². The third-order valence-electron chi connectivity index (χ3n) is 3.58. The number of anilines is 1. The number of hydrogen-bond acceptors (Lipinski definition) is 3. The van der Waals surface area contributed by atoms with E-state index in [1.54, 1.807) is 48.5 Å². The minimum atomic E-state index is -4.76. The van der Waals surface area contributed by atoms with Gasteiger partial charge in [-0.1, -0.05) is 42.5 Å². The second-order valence-electron chi connectivity index (χ2n) is 5.89. The molecule has 0 saturated carbocycles. The molecule has 4 nitrogen and oxygen atoms in total. The fourth-order valence-corrected chi connectivity index (χ4v) is 2.33. The Morgan fingerprint density at radius 1 is 0.833 bits per heavy atom. The van der Waals surface area contributed by atoms with Crippen LogP contribution in [0.4, 0.5) is 23.2 Å². The van der Waals surface area contributed by atoms with Crippen molar-refractivity contribution in [1.82, 2.24) is 0 Å². The molecule has 1 N–H and O–H groups in total. The van der Waals surface area contributed by atoms with Crippen molar-refractivity contribution in [2.24, 2.45) is 0 Å². The number of rotatable bonds is 3. The van der Waals surface area contributed by atoms with Gasteiger partial charge in [0.05, 0.1) is 11.1 Å².